The summed E-state index contributed by atoms with van der Waals surface area (Å²) in [5.74, 6) is 0.592. The van der Waals surface area contributed by atoms with Gasteiger partial charge in [-0.15, -0.1) is 0 Å². The lowest BCUT2D eigenvalue weighted by Crippen LogP contribution is -2.31. The van der Waals surface area contributed by atoms with Crippen LogP contribution < -0.4 is 11.5 Å². The van der Waals surface area contributed by atoms with Crippen molar-refractivity contribution in [3.63, 3.8) is 0 Å². The monoisotopic (exact) mass is 282 g/mol. The molecule has 0 aromatic heterocycles. The molecular weight excluding hydrogens is 264 g/mol. The van der Waals surface area contributed by atoms with Crippen molar-refractivity contribution in [1.82, 2.24) is 0 Å². The molecule has 1 unspecified atom stereocenters. The van der Waals surface area contributed by atoms with E-state index in [1.807, 2.05) is 12.1 Å². The summed E-state index contributed by atoms with van der Waals surface area (Å²) >= 11 is 3.49. The van der Waals surface area contributed by atoms with Crippen LogP contribution in [0.1, 0.15) is 37.3 Å². The Morgan fingerprint density at radius 3 is 2.50 bits per heavy atom. The Labute approximate surface area is 106 Å². The van der Waals surface area contributed by atoms with E-state index in [4.69, 9.17) is 11.5 Å². The first-order valence-corrected chi connectivity index (χ1v) is 6.73. The van der Waals surface area contributed by atoms with Crippen LogP contribution in [0.25, 0.3) is 0 Å². The average Bonchev–Trinajstić information content (AvgIpc) is 2.29. The van der Waals surface area contributed by atoms with Crippen LogP contribution in [0.2, 0.25) is 0 Å². The van der Waals surface area contributed by atoms with Crippen molar-refractivity contribution in [2.75, 3.05) is 0 Å². The number of benzene rings is 1. The van der Waals surface area contributed by atoms with Crippen molar-refractivity contribution >= 4 is 15.9 Å². The van der Waals surface area contributed by atoms with Gasteiger partial charge in [-0.2, -0.15) is 0 Å². The zero-order chi connectivity index (χ0) is 11.5. The van der Waals surface area contributed by atoms with E-state index in [1.165, 1.54) is 5.56 Å². The lowest BCUT2D eigenvalue weighted by Gasteiger charge is -2.30. The summed E-state index contributed by atoms with van der Waals surface area (Å²) < 4.78 is 1.10. The molecule has 0 aliphatic heterocycles. The van der Waals surface area contributed by atoms with Crippen LogP contribution in [0.15, 0.2) is 28.7 Å². The molecule has 0 amide bonds. The maximum Gasteiger partial charge on any atom is 0.0323 e. The molecule has 2 nitrogen and oxygen atoms in total. The molecule has 88 valence electrons. The molecule has 1 saturated carbocycles. The second kappa shape index (κ2) is 5.30. The van der Waals surface area contributed by atoms with Gasteiger partial charge >= 0.3 is 0 Å². The third-order valence-electron chi connectivity index (χ3n) is 3.56. The normalized spacial score (nSPS) is 27.7. The van der Waals surface area contributed by atoms with Crippen molar-refractivity contribution in [2.24, 2.45) is 17.4 Å². The van der Waals surface area contributed by atoms with Crippen LogP contribution in [0.4, 0.5) is 0 Å². The molecule has 0 heterocycles. The minimum absolute atomic E-state index is 0.157. The lowest BCUT2D eigenvalue weighted by atomic mass is 9.80. The van der Waals surface area contributed by atoms with Crippen molar-refractivity contribution in [1.29, 1.82) is 0 Å². The summed E-state index contributed by atoms with van der Waals surface area (Å²) in [4.78, 5) is 0. The highest BCUT2D eigenvalue weighted by Crippen LogP contribution is 2.33. The SMILES string of the molecule is NC1CCC(C(N)c2cccc(Br)c2)CC1. The van der Waals surface area contributed by atoms with E-state index in [9.17, 15) is 0 Å². The predicted octanol–water partition coefficient (Wildman–Crippen LogP) is 2.97. The topological polar surface area (TPSA) is 52.0 Å². The van der Waals surface area contributed by atoms with Gasteiger partial charge in [0.25, 0.3) is 0 Å². The van der Waals surface area contributed by atoms with Gasteiger partial charge in [-0.3, -0.25) is 0 Å². The molecule has 0 bridgehead atoms. The fourth-order valence-electron chi connectivity index (χ4n) is 2.49. The molecule has 0 saturated heterocycles. The maximum absolute atomic E-state index is 6.32. The fourth-order valence-corrected chi connectivity index (χ4v) is 2.91. The quantitative estimate of drug-likeness (QED) is 0.876. The molecule has 1 aromatic rings. The first kappa shape index (κ1) is 12.1. The maximum atomic E-state index is 6.32. The molecule has 4 N–H and O–H groups in total. The van der Waals surface area contributed by atoms with Gasteiger partial charge in [0.2, 0.25) is 0 Å². The smallest absolute Gasteiger partial charge is 0.0323 e. The molecule has 0 spiro atoms. The van der Waals surface area contributed by atoms with Crippen molar-refractivity contribution < 1.29 is 0 Å². The van der Waals surface area contributed by atoms with E-state index in [2.05, 4.69) is 28.1 Å². The van der Waals surface area contributed by atoms with Gasteiger partial charge in [0.1, 0.15) is 0 Å². The van der Waals surface area contributed by atoms with Crippen molar-refractivity contribution in [3.05, 3.63) is 34.3 Å². The number of hydrogen-bond donors (Lipinski definition) is 2. The highest BCUT2D eigenvalue weighted by molar-refractivity contribution is 9.10. The van der Waals surface area contributed by atoms with Crippen LogP contribution in [0, 0.1) is 5.92 Å². The van der Waals surface area contributed by atoms with Crippen LogP contribution in [-0.2, 0) is 0 Å². The van der Waals surface area contributed by atoms with Crippen LogP contribution in [0.5, 0.6) is 0 Å². The first-order valence-electron chi connectivity index (χ1n) is 5.93. The van der Waals surface area contributed by atoms with E-state index in [1.54, 1.807) is 0 Å². The predicted molar refractivity (Wildman–Crippen MR) is 71.0 cm³/mol. The zero-order valence-corrected chi connectivity index (χ0v) is 11.0. The number of nitrogens with two attached hydrogens (primary N) is 2. The molecule has 1 aliphatic carbocycles. The van der Waals surface area contributed by atoms with E-state index in [0.29, 0.717) is 12.0 Å². The molecule has 1 aliphatic rings. The molecule has 1 fully saturated rings. The Bertz CT molecular complexity index is 346. The van der Waals surface area contributed by atoms with E-state index in [-0.39, 0.29) is 6.04 Å². The third kappa shape index (κ3) is 2.84. The first-order chi connectivity index (χ1) is 7.66. The van der Waals surface area contributed by atoms with Crippen LogP contribution in [0.3, 0.4) is 0 Å². The molecule has 2 rings (SSSR count). The van der Waals surface area contributed by atoms with Gasteiger partial charge in [-0.1, -0.05) is 28.1 Å². The summed E-state index contributed by atoms with van der Waals surface area (Å²) in [5, 5.41) is 0. The summed E-state index contributed by atoms with van der Waals surface area (Å²) in [6.07, 6.45) is 4.56. The molecule has 1 atom stereocenters. The van der Waals surface area contributed by atoms with Crippen LogP contribution >= 0.6 is 15.9 Å². The van der Waals surface area contributed by atoms with Crippen LogP contribution in [-0.4, -0.2) is 6.04 Å². The Kier molecular flexibility index (Phi) is 4.00. The summed E-state index contributed by atoms with van der Waals surface area (Å²) in [5.41, 5.74) is 13.5. The molecule has 1 aromatic carbocycles. The highest BCUT2D eigenvalue weighted by Gasteiger charge is 2.24. The lowest BCUT2D eigenvalue weighted by molar-refractivity contribution is 0.285. The average molecular weight is 283 g/mol. The Balaban J connectivity index is 2.04. The van der Waals surface area contributed by atoms with Gasteiger partial charge in [-0.25, -0.2) is 0 Å². The van der Waals surface area contributed by atoms with E-state index in [0.717, 1.165) is 30.2 Å². The second-order valence-electron chi connectivity index (χ2n) is 4.76. The summed E-state index contributed by atoms with van der Waals surface area (Å²) in [6, 6.07) is 8.88. The Hall–Kier alpha value is -0.380. The summed E-state index contributed by atoms with van der Waals surface area (Å²) in [6.45, 7) is 0. The van der Waals surface area contributed by atoms with Gasteiger partial charge in [0.15, 0.2) is 0 Å². The van der Waals surface area contributed by atoms with E-state index < -0.39 is 0 Å². The summed E-state index contributed by atoms with van der Waals surface area (Å²) in [7, 11) is 0. The Morgan fingerprint density at radius 1 is 1.19 bits per heavy atom. The molecule has 3 heteroatoms. The van der Waals surface area contributed by atoms with Gasteiger partial charge < -0.3 is 11.5 Å². The second-order valence-corrected chi connectivity index (χ2v) is 5.67. The minimum atomic E-state index is 0.157. The minimum Gasteiger partial charge on any atom is -0.328 e. The zero-order valence-electron chi connectivity index (χ0n) is 9.40. The number of halogens is 1. The number of rotatable bonds is 2. The highest BCUT2D eigenvalue weighted by atomic mass is 79.9. The molecular formula is C13H19BrN2. The van der Waals surface area contributed by atoms with Crippen molar-refractivity contribution in [3.8, 4) is 0 Å². The fraction of sp³-hybridized carbons (Fsp3) is 0.538. The Morgan fingerprint density at radius 2 is 1.88 bits per heavy atom. The van der Waals surface area contributed by atoms with Gasteiger partial charge in [0.05, 0.1) is 0 Å². The third-order valence-corrected chi connectivity index (χ3v) is 4.05. The molecule has 16 heavy (non-hydrogen) atoms. The number of hydrogen-bond acceptors (Lipinski definition) is 2. The van der Waals surface area contributed by atoms with Gasteiger partial charge in [0, 0.05) is 16.6 Å². The largest absolute Gasteiger partial charge is 0.328 e. The standard InChI is InChI=1S/C13H19BrN2/c14-11-3-1-2-10(8-11)13(16)9-4-6-12(15)7-5-9/h1-3,8-9,12-13H,4-7,15-16H2. The van der Waals surface area contributed by atoms with E-state index >= 15 is 0 Å². The van der Waals surface area contributed by atoms with Gasteiger partial charge in [-0.05, 0) is 49.3 Å². The molecule has 0 radical (unpaired) electrons. The van der Waals surface area contributed by atoms with Crippen molar-refractivity contribution in [2.45, 2.75) is 37.8 Å².